The molecule has 8 nitrogen and oxygen atoms in total. The summed E-state index contributed by atoms with van der Waals surface area (Å²) in [6.45, 7) is 3.04. The van der Waals surface area contributed by atoms with Crippen LogP contribution < -0.4 is 9.80 Å². The molecule has 8 heteroatoms. The maximum atomic E-state index is 10.8. The van der Waals surface area contributed by atoms with Crippen LogP contribution in [0.2, 0.25) is 0 Å². The van der Waals surface area contributed by atoms with Crippen molar-refractivity contribution in [3.8, 4) is 6.07 Å². The molecule has 2 heterocycles. The van der Waals surface area contributed by atoms with Gasteiger partial charge in [0, 0.05) is 57.8 Å². The third kappa shape index (κ3) is 2.81. The van der Waals surface area contributed by atoms with Gasteiger partial charge in [0.1, 0.15) is 6.07 Å². The maximum absolute atomic E-state index is 10.8. The number of nitro groups is 1. The number of benzene rings is 1. The van der Waals surface area contributed by atoms with Crippen LogP contribution in [0.1, 0.15) is 5.56 Å². The average Bonchev–Trinajstić information content (AvgIpc) is 3.00. The Morgan fingerprint density at radius 3 is 2.52 bits per heavy atom. The van der Waals surface area contributed by atoms with E-state index in [0.29, 0.717) is 5.56 Å². The molecule has 0 unspecified atom stereocenters. The van der Waals surface area contributed by atoms with Gasteiger partial charge in [0.2, 0.25) is 5.95 Å². The lowest BCUT2D eigenvalue weighted by molar-refractivity contribution is -0.384. The Hall–Kier alpha value is -3.08. The van der Waals surface area contributed by atoms with Crippen molar-refractivity contribution in [2.75, 3.05) is 36.0 Å². The normalized spacial score (nSPS) is 14.6. The lowest BCUT2D eigenvalue weighted by Crippen LogP contribution is -2.47. The van der Waals surface area contributed by atoms with Crippen LogP contribution in [-0.4, -0.2) is 40.7 Å². The van der Waals surface area contributed by atoms with Gasteiger partial charge in [-0.3, -0.25) is 10.1 Å². The highest BCUT2D eigenvalue weighted by Gasteiger charge is 2.22. The van der Waals surface area contributed by atoms with Gasteiger partial charge in [0.05, 0.1) is 16.2 Å². The van der Waals surface area contributed by atoms with Gasteiger partial charge < -0.3 is 14.4 Å². The summed E-state index contributed by atoms with van der Waals surface area (Å²) in [5.41, 5.74) is 1.03. The van der Waals surface area contributed by atoms with Gasteiger partial charge in [-0.05, 0) is 6.07 Å². The molecule has 0 bridgehead atoms. The van der Waals surface area contributed by atoms with E-state index in [1.54, 1.807) is 12.3 Å². The number of hydrogen-bond acceptors (Lipinski definition) is 6. The Morgan fingerprint density at radius 1 is 1.26 bits per heavy atom. The van der Waals surface area contributed by atoms with Crippen molar-refractivity contribution in [3.05, 3.63) is 46.3 Å². The highest BCUT2D eigenvalue weighted by Crippen LogP contribution is 2.26. The summed E-state index contributed by atoms with van der Waals surface area (Å²) in [5, 5.41) is 20.1. The lowest BCUT2D eigenvalue weighted by Gasteiger charge is -2.36. The molecule has 0 aliphatic carbocycles. The summed E-state index contributed by atoms with van der Waals surface area (Å²) in [7, 11) is 1.96. The second kappa shape index (κ2) is 5.96. The molecule has 1 aliphatic rings. The highest BCUT2D eigenvalue weighted by atomic mass is 16.6. The first-order valence-electron chi connectivity index (χ1n) is 7.26. The molecule has 3 rings (SSSR count). The van der Waals surface area contributed by atoms with Gasteiger partial charge in [-0.15, -0.1) is 0 Å². The molecule has 0 N–H and O–H groups in total. The summed E-state index contributed by atoms with van der Waals surface area (Å²) >= 11 is 0. The Bertz CT molecular complexity index is 771. The van der Waals surface area contributed by atoms with Crippen molar-refractivity contribution in [1.29, 1.82) is 5.26 Å². The Morgan fingerprint density at radius 2 is 1.96 bits per heavy atom. The number of non-ortho nitro benzene ring substituents is 1. The molecule has 0 amide bonds. The molecule has 118 valence electrons. The predicted molar refractivity (Wildman–Crippen MR) is 85.4 cm³/mol. The van der Waals surface area contributed by atoms with Crippen molar-refractivity contribution in [2.24, 2.45) is 7.05 Å². The van der Waals surface area contributed by atoms with Crippen LogP contribution in [-0.2, 0) is 7.05 Å². The fourth-order valence-corrected chi connectivity index (χ4v) is 2.81. The van der Waals surface area contributed by atoms with Crippen LogP contribution in [0.5, 0.6) is 0 Å². The molecule has 2 aromatic rings. The van der Waals surface area contributed by atoms with E-state index in [0.717, 1.165) is 37.8 Å². The number of nitro benzene ring substituents is 1. The van der Waals surface area contributed by atoms with Crippen molar-refractivity contribution < 1.29 is 4.92 Å². The topological polar surface area (TPSA) is 91.2 Å². The number of hydrogen-bond donors (Lipinski definition) is 0. The molecule has 0 radical (unpaired) electrons. The molecule has 1 aromatic carbocycles. The van der Waals surface area contributed by atoms with Crippen molar-refractivity contribution in [1.82, 2.24) is 9.55 Å². The van der Waals surface area contributed by atoms with Crippen LogP contribution in [0, 0.1) is 21.4 Å². The molecule has 23 heavy (non-hydrogen) atoms. The van der Waals surface area contributed by atoms with Crippen LogP contribution >= 0.6 is 0 Å². The summed E-state index contributed by atoms with van der Waals surface area (Å²) in [5.74, 6) is 0.925. The van der Waals surface area contributed by atoms with Gasteiger partial charge in [-0.25, -0.2) is 4.98 Å². The second-order valence-electron chi connectivity index (χ2n) is 5.38. The standard InChI is InChI=1S/C15H16N6O2/c1-18-5-4-17-15(18)20-8-6-19(7-9-20)14-3-2-13(21(22)23)10-12(14)11-16/h2-5,10H,6-9H2,1H3. The quantitative estimate of drug-likeness (QED) is 0.630. The van der Waals surface area contributed by atoms with Gasteiger partial charge >= 0.3 is 0 Å². The van der Waals surface area contributed by atoms with E-state index < -0.39 is 4.92 Å². The minimum atomic E-state index is -0.483. The molecule has 1 aromatic heterocycles. The van der Waals surface area contributed by atoms with E-state index in [9.17, 15) is 15.4 Å². The minimum Gasteiger partial charge on any atom is -0.367 e. The zero-order valence-electron chi connectivity index (χ0n) is 12.7. The van der Waals surface area contributed by atoms with Gasteiger partial charge in [0.25, 0.3) is 5.69 Å². The molecular formula is C15H16N6O2. The fourth-order valence-electron chi connectivity index (χ4n) is 2.81. The van der Waals surface area contributed by atoms with E-state index >= 15 is 0 Å². The summed E-state index contributed by atoms with van der Waals surface area (Å²) in [6.07, 6.45) is 3.68. The number of piperazine rings is 1. The van der Waals surface area contributed by atoms with E-state index in [-0.39, 0.29) is 5.69 Å². The average molecular weight is 312 g/mol. The maximum Gasteiger partial charge on any atom is 0.270 e. The first-order valence-corrected chi connectivity index (χ1v) is 7.26. The van der Waals surface area contributed by atoms with Crippen molar-refractivity contribution >= 4 is 17.3 Å². The number of aryl methyl sites for hydroxylation is 1. The monoisotopic (exact) mass is 312 g/mol. The first-order chi connectivity index (χ1) is 11.1. The van der Waals surface area contributed by atoms with E-state index in [1.165, 1.54) is 12.1 Å². The van der Waals surface area contributed by atoms with Gasteiger partial charge in [-0.1, -0.05) is 0 Å². The largest absolute Gasteiger partial charge is 0.367 e. The zero-order valence-corrected chi connectivity index (χ0v) is 12.7. The predicted octanol–water partition coefficient (Wildman–Crippen LogP) is 1.53. The van der Waals surface area contributed by atoms with Crippen LogP contribution in [0.15, 0.2) is 30.6 Å². The van der Waals surface area contributed by atoms with Gasteiger partial charge in [-0.2, -0.15) is 5.26 Å². The molecule has 0 atom stereocenters. The van der Waals surface area contributed by atoms with Crippen molar-refractivity contribution in [2.45, 2.75) is 0 Å². The Balaban J connectivity index is 1.76. The minimum absolute atomic E-state index is 0.0584. The van der Waals surface area contributed by atoms with E-state index in [2.05, 4.69) is 20.9 Å². The van der Waals surface area contributed by atoms with E-state index in [4.69, 9.17) is 0 Å². The molecule has 0 spiro atoms. The van der Waals surface area contributed by atoms with E-state index in [1.807, 2.05) is 17.8 Å². The smallest absolute Gasteiger partial charge is 0.270 e. The Labute approximate surface area is 133 Å². The molecule has 1 aliphatic heterocycles. The second-order valence-corrected chi connectivity index (χ2v) is 5.38. The number of nitrogens with zero attached hydrogens (tertiary/aromatic N) is 6. The third-order valence-electron chi connectivity index (χ3n) is 4.01. The lowest BCUT2D eigenvalue weighted by atomic mass is 10.1. The number of anilines is 2. The molecular weight excluding hydrogens is 296 g/mol. The van der Waals surface area contributed by atoms with Crippen LogP contribution in [0.4, 0.5) is 17.3 Å². The summed E-state index contributed by atoms with van der Waals surface area (Å²) < 4.78 is 1.97. The Kier molecular flexibility index (Phi) is 3.85. The number of imidazole rings is 1. The molecule has 1 fully saturated rings. The zero-order chi connectivity index (χ0) is 16.4. The first kappa shape index (κ1) is 14.8. The van der Waals surface area contributed by atoms with Crippen LogP contribution in [0.25, 0.3) is 0 Å². The molecule has 1 saturated heterocycles. The molecule has 0 saturated carbocycles. The highest BCUT2D eigenvalue weighted by molar-refractivity contribution is 5.63. The fraction of sp³-hybridized carbons (Fsp3) is 0.333. The van der Waals surface area contributed by atoms with Gasteiger partial charge in [0.15, 0.2) is 0 Å². The van der Waals surface area contributed by atoms with Crippen molar-refractivity contribution in [3.63, 3.8) is 0 Å². The number of nitriles is 1. The number of rotatable bonds is 3. The summed E-state index contributed by atoms with van der Waals surface area (Å²) in [6, 6.07) is 6.50. The summed E-state index contributed by atoms with van der Waals surface area (Å²) in [4.78, 5) is 19.0. The number of aromatic nitrogens is 2. The third-order valence-corrected chi connectivity index (χ3v) is 4.01. The van der Waals surface area contributed by atoms with Crippen LogP contribution in [0.3, 0.4) is 0 Å². The SMILES string of the molecule is Cn1ccnc1N1CCN(c2ccc([N+](=O)[O-])cc2C#N)CC1.